The van der Waals surface area contributed by atoms with Gasteiger partial charge in [-0.2, -0.15) is 0 Å². The van der Waals surface area contributed by atoms with Gasteiger partial charge in [-0.3, -0.25) is 9.69 Å². The number of aliphatic carboxylic acids is 1. The zero-order valence-electron chi connectivity index (χ0n) is 32.7. The highest BCUT2D eigenvalue weighted by Crippen LogP contribution is 2.44. The molecule has 0 radical (unpaired) electrons. The Bertz CT molecular complexity index is 1930. The molecule has 55 heavy (non-hydrogen) atoms. The van der Waals surface area contributed by atoms with Crippen molar-refractivity contribution in [3.63, 3.8) is 0 Å². The van der Waals surface area contributed by atoms with Crippen LogP contribution in [0.5, 0.6) is 11.5 Å². The third-order valence-electron chi connectivity index (χ3n) is 10.6. The number of aryl methyl sites for hydroxylation is 1. The molecule has 1 amide bonds. The fraction of sp³-hybridized carbons (Fsp3) is 0.455. The summed E-state index contributed by atoms with van der Waals surface area (Å²) in [4.78, 5) is 28.5. The minimum Gasteiger partial charge on any atom is -0.493 e. The highest BCUT2D eigenvalue weighted by Gasteiger charge is 2.36. The van der Waals surface area contributed by atoms with Crippen molar-refractivity contribution >= 4 is 28.3 Å². The Kier molecular flexibility index (Phi) is 13.7. The zero-order chi connectivity index (χ0) is 39.9. The number of nitrogens with zero attached hydrogens (tertiary/aromatic N) is 1. The van der Waals surface area contributed by atoms with Crippen molar-refractivity contribution < 1.29 is 37.3 Å². The highest BCUT2D eigenvalue weighted by atomic mass is 19.3. The summed E-state index contributed by atoms with van der Waals surface area (Å²) in [6.45, 7) is 14.4. The number of carboxylic acids is 1. The molecule has 0 saturated carbocycles. The molecule has 296 valence electrons. The number of fused-ring (bicyclic) bond motifs is 1. The number of hydrogen-bond donors (Lipinski definition) is 3. The van der Waals surface area contributed by atoms with Crippen LogP contribution in [0.3, 0.4) is 0 Å². The number of amides is 1. The number of hydrogen-bond acceptors (Lipinski definition) is 6. The number of carbonyl (C=O) groups excluding carboxylic acids is 1. The zero-order valence-corrected chi connectivity index (χ0v) is 32.7. The molecule has 1 saturated heterocycles. The number of halogens is 3. The van der Waals surface area contributed by atoms with Crippen molar-refractivity contribution in [1.82, 2.24) is 10.2 Å². The van der Waals surface area contributed by atoms with Crippen LogP contribution in [-0.4, -0.2) is 66.2 Å². The molecule has 11 heteroatoms. The number of rotatable bonds is 17. The minimum atomic E-state index is -3.01. The lowest BCUT2D eigenvalue weighted by Gasteiger charge is -2.30. The van der Waals surface area contributed by atoms with Crippen LogP contribution in [0.2, 0.25) is 0 Å². The van der Waals surface area contributed by atoms with Crippen molar-refractivity contribution in [1.29, 1.82) is 0 Å². The molecule has 0 aliphatic carbocycles. The lowest BCUT2D eigenvalue weighted by atomic mass is 9.91. The summed E-state index contributed by atoms with van der Waals surface area (Å²) >= 11 is 0. The average Bonchev–Trinajstić information content (AvgIpc) is 3.14. The summed E-state index contributed by atoms with van der Waals surface area (Å²) in [5, 5.41) is 17.1. The molecular formula is C44H54F3N3O5. The van der Waals surface area contributed by atoms with E-state index in [1.54, 1.807) is 6.92 Å². The van der Waals surface area contributed by atoms with Crippen LogP contribution in [0.15, 0.2) is 60.7 Å². The van der Waals surface area contributed by atoms with Gasteiger partial charge in [0, 0.05) is 25.1 Å². The monoisotopic (exact) mass is 761 g/mol. The Hall–Kier alpha value is -4.77. The van der Waals surface area contributed by atoms with Crippen LogP contribution in [-0.2, 0) is 17.8 Å². The highest BCUT2D eigenvalue weighted by molar-refractivity contribution is 6.02. The molecule has 2 atom stereocenters. The molecule has 0 aromatic heterocycles. The van der Waals surface area contributed by atoms with Gasteiger partial charge >= 0.3 is 5.97 Å². The van der Waals surface area contributed by atoms with E-state index in [1.807, 2.05) is 50.2 Å². The fourth-order valence-corrected chi connectivity index (χ4v) is 7.51. The summed E-state index contributed by atoms with van der Waals surface area (Å²) in [5.74, 6) is -4.03. The largest absolute Gasteiger partial charge is 0.493 e. The van der Waals surface area contributed by atoms with Gasteiger partial charge in [0.05, 0.1) is 30.4 Å². The van der Waals surface area contributed by atoms with Crippen molar-refractivity contribution in [2.45, 2.75) is 98.2 Å². The maximum Gasteiger partial charge on any atom is 0.326 e. The first-order valence-corrected chi connectivity index (χ1v) is 19.4. The number of alkyl halides is 2. The van der Waals surface area contributed by atoms with Crippen molar-refractivity contribution in [3.8, 4) is 22.6 Å². The normalized spacial score (nSPS) is 15.1. The Morgan fingerprint density at radius 2 is 1.58 bits per heavy atom. The summed E-state index contributed by atoms with van der Waals surface area (Å²) in [5.41, 5.74) is 3.37. The van der Waals surface area contributed by atoms with Gasteiger partial charge in [0.15, 0.2) is 0 Å². The molecule has 4 aromatic carbocycles. The van der Waals surface area contributed by atoms with Crippen LogP contribution >= 0.6 is 0 Å². The summed E-state index contributed by atoms with van der Waals surface area (Å²) < 4.78 is 56.8. The lowest BCUT2D eigenvalue weighted by molar-refractivity contribution is -0.139. The topological polar surface area (TPSA) is 100 Å². The second-order valence-electron chi connectivity index (χ2n) is 14.5. The average molecular weight is 762 g/mol. The third-order valence-corrected chi connectivity index (χ3v) is 10.6. The van der Waals surface area contributed by atoms with Crippen LogP contribution in [0, 0.1) is 18.7 Å². The van der Waals surface area contributed by atoms with E-state index in [4.69, 9.17) is 9.47 Å². The SMILES string of the molecule is CCOc1cc(CN2CCC(C)CC2)cc(OCC)c1-c1cccc2c(C[C@H](NC(=O)c3c(C)cc(N[C@H](CC)C(F)(F)CC)cc3F)C(=O)O)cccc12. The van der Waals surface area contributed by atoms with Crippen LogP contribution in [0.1, 0.15) is 87.4 Å². The van der Waals surface area contributed by atoms with Gasteiger partial charge in [-0.05, 0) is 116 Å². The van der Waals surface area contributed by atoms with E-state index in [9.17, 15) is 23.5 Å². The van der Waals surface area contributed by atoms with Gasteiger partial charge in [0.25, 0.3) is 11.8 Å². The van der Waals surface area contributed by atoms with E-state index in [1.165, 1.54) is 32.8 Å². The van der Waals surface area contributed by atoms with E-state index >= 15 is 4.39 Å². The van der Waals surface area contributed by atoms with Gasteiger partial charge < -0.3 is 25.2 Å². The number of benzene rings is 4. The first-order chi connectivity index (χ1) is 26.3. The Balaban J connectivity index is 1.45. The van der Waals surface area contributed by atoms with E-state index in [0.29, 0.717) is 30.3 Å². The van der Waals surface area contributed by atoms with Crippen molar-refractivity contribution in [2.24, 2.45) is 5.92 Å². The molecule has 8 nitrogen and oxygen atoms in total. The molecular weight excluding hydrogens is 707 g/mol. The van der Waals surface area contributed by atoms with Gasteiger partial charge in [-0.25, -0.2) is 18.0 Å². The van der Waals surface area contributed by atoms with Gasteiger partial charge in [0.2, 0.25) is 0 Å². The van der Waals surface area contributed by atoms with E-state index in [-0.39, 0.29) is 36.1 Å². The maximum atomic E-state index is 15.5. The standard InChI is InChI=1S/C44H54F3N3O5/c1-7-39(44(46,47)8-2)48-31-21-28(6)40(35(45)25-31)42(51)49-36(43(52)53)24-30-13-11-15-33-32(30)14-12-16-34(33)41-37(54-9-3)22-29(23-38(41)55-10-4)26-50-19-17-27(5)18-20-50/h11-16,21-23,25,27,36,39,48H,7-10,17-20,24,26H2,1-6H3,(H,49,51)(H,52,53)/t36-,39+/m0/s1. The van der Waals surface area contributed by atoms with Gasteiger partial charge in [-0.15, -0.1) is 0 Å². The van der Waals surface area contributed by atoms with Crippen molar-refractivity contribution in [3.05, 3.63) is 88.7 Å². The Morgan fingerprint density at radius 3 is 2.16 bits per heavy atom. The molecule has 5 rings (SSSR count). The molecule has 1 fully saturated rings. The molecule has 1 aliphatic rings. The lowest BCUT2D eigenvalue weighted by Crippen LogP contribution is -2.43. The van der Waals surface area contributed by atoms with Gasteiger partial charge in [0.1, 0.15) is 23.4 Å². The Labute approximate surface area is 322 Å². The Morgan fingerprint density at radius 1 is 0.945 bits per heavy atom. The van der Waals surface area contributed by atoms with Crippen LogP contribution < -0.4 is 20.1 Å². The smallest absolute Gasteiger partial charge is 0.326 e. The predicted molar refractivity (Wildman–Crippen MR) is 212 cm³/mol. The van der Waals surface area contributed by atoms with E-state index in [2.05, 4.69) is 34.6 Å². The second kappa shape index (κ2) is 18.2. The van der Waals surface area contributed by atoms with Crippen molar-refractivity contribution in [2.75, 3.05) is 31.6 Å². The number of anilines is 1. The minimum absolute atomic E-state index is 0.0868. The third kappa shape index (κ3) is 9.73. The second-order valence-corrected chi connectivity index (χ2v) is 14.5. The number of likely N-dealkylation sites (tertiary alicyclic amines) is 1. The number of carboxylic acid groups (broad SMARTS) is 1. The number of ether oxygens (including phenoxy) is 2. The number of piperidine rings is 1. The summed E-state index contributed by atoms with van der Waals surface area (Å²) in [6.07, 6.45) is 1.97. The first-order valence-electron chi connectivity index (χ1n) is 19.4. The summed E-state index contributed by atoms with van der Waals surface area (Å²) in [6, 6.07) is 15.4. The van der Waals surface area contributed by atoms with E-state index < -0.39 is 35.7 Å². The van der Waals surface area contributed by atoms with Crippen LogP contribution in [0.25, 0.3) is 21.9 Å². The quantitative estimate of drug-likeness (QED) is 0.0986. The molecule has 0 spiro atoms. The number of carbonyl (C=O) groups is 2. The number of nitrogens with one attached hydrogen (secondary N) is 2. The van der Waals surface area contributed by atoms with Crippen LogP contribution in [0.4, 0.5) is 18.9 Å². The molecule has 1 aliphatic heterocycles. The molecule has 4 aromatic rings. The van der Waals surface area contributed by atoms with E-state index in [0.717, 1.165) is 59.1 Å². The van der Waals surface area contributed by atoms with Gasteiger partial charge in [-0.1, -0.05) is 57.2 Å². The first kappa shape index (κ1) is 41.4. The molecule has 0 unspecified atom stereocenters. The molecule has 3 N–H and O–H groups in total. The maximum absolute atomic E-state index is 15.5. The predicted octanol–water partition coefficient (Wildman–Crippen LogP) is 9.65. The summed E-state index contributed by atoms with van der Waals surface area (Å²) in [7, 11) is 0. The molecule has 1 heterocycles. The fourth-order valence-electron chi connectivity index (χ4n) is 7.51. The molecule has 0 bridgehead atoms.